The Bertz CT molecular complexity index is 242. The molecule has 0 aromatic heterocycles. The molecule has 2 fully saturated rings. The lowest BCUT2D eigenvalue weighted by molar-refractivity contribution is 0.0215. The smallest absolute Gasteiger partial charge is 0.0224 e. The molecule has 0 radical (unpaired) electrons. The Morgan fingerprint density at radius 2 is 2.12 bits per heavy atom. The Morgan fingerprint density at radius 1 is 1.25 bits per heavy atom. The predicted molar refractivity (Wildman–Crippen MR) is 73.2 cm³/mol. The molecule has 0 bridgehead atoms. The number of piperazine rings is 1. The Morgan fingerprint density at radius 3 is 2.94 bits per heavy atom. The summed E-state index contributed by atoms with van der Waals surface area (Å²) in [6.07, 6.45) is 8.66. The van der Waals surface area contributed by atoms with Gasteiger partial charge in [-0.25, -0.2) is 0 Å². The van der Waals surface area contributed by atoms with Gasteiger partial charge in [0.2, 0.25) is 0 Å². The van der Waals surface area contributed by atoms with Crippen LogP contribution >= 0.6 is 12.6 Å². The van der Waals surface area contributed by atoms with E-state index in [0.29, 0.717) is 6.04 Å². The zero-order valence-electron chi connectivity index (χ0n) is 10.3. The fourth-order valence-electron chi connectivity index (χ4n) is 2.95. The van der Waals surface area contributed by atoms with Crippen LogP contribution in [0.4, 0.5) is 0 Å². The van der Waals surface area contributed by atoms with Gasteiger partial charge < -0.3 is 0 Å². The fraction of sp³-hybridized carbons (Fsp3) is 0.846. The molecule has 0 spiro atoms. The maximum atomic E-state index is 4.20. The van der Waals surface area contributed by atoms with Crippen LogP contribution in [-0.2, 0) is 0 Å². The van der Waals surface area contributed by atoms with Crippen LogP contribution in [0.1, 0.15) is 26.2 Å². The SMILES string of the molecule is CC1CN2CCCCC2CN1CC=CCS. The molecule has 2 saturated heterocycles. The van der Waals surface area contributed by atoms with Crippen molar-refractivity contribution in [1.82, 2.24) is 9.80 Å². The molecule has 0 aliphatic carbocycles. The van der Waals surface area contributed by atoms with E-state index in [1.807, 2.05) is 0 Å². The van der Waals surface area contributed by atoms with E-state index in [1.54, 1.807) is 0 Å². The standard InChI is InChI=1S/C13H24N2S/c1-12-10-15-8-3-2-6-13(15)11-14(12)7-4-5-9-16/h4-5,12-13,16H,2-3,6-11H2,1H3. The van der Waals surface area contributed by atoms with Crippen molar-refractivity contribution in [3.8, 4) is 0 Å². The van der Waals surface area contributed by atoms with Gasteiger partial charge in [-0.05, 0) is 26.3 Å². The minimum absolute atomic E-state index is 0.707. The molecule has 0 saturated carbocycles. The zero-order chi connectivity index (χ0) is 11.4. The van der Waals surface area contributed by atoms with Gasteiger partial charge in [0.05, 0.1) is 0 Å². The molecule has 2 atom stereocenters. The van der Waals surface area contributed by atoms with Crippen LogP contribution in [0.25, 0.3) is 0 Å². The maximum absolute atomic E-state index is 4.20. The number of hydrogen-bond donors (Lipinski definition) is 1. The van der Waals surface area contributed by atoms with E-state index in [-0.39, 0.29) is 0 Å². The minimum atomic E-state index is 0.707. The Balaban J connectivity index is 1.87. The molecule has 2 aliphatic rings. The molecule has 0 aromatic carbocycles. The maximum Gasteiger partial charge on any atom is 0.0224 e. The summed E-state index contributed by atoms with van der Waals surface area (Å²) in [5.74, 6) is 0.859. The van der Waals surface area contributed by atoms with Crippen molar-refractivity contribution in [2.45, 2.75) is 38.3 Å². The van der Waals surface area contributed by atoms with Crippen molar-refractivity contribution in [2.75, 3.05) is 31.9 Å². The molecule has 2 unspecified atom stereocenters. The van der Waals surface area contributed by atoms with Crippen molar-refractivity contribution in [3.63, 3.8) is 0 Å². The Labute approximate surface area is 105 Å². The van der Waals surface area contributed by atoms with Crippen molar-refractivity contribution >= 4 is 12.6 Å². The summed E-state index contributed by atoms with van der Waals surface area (Å²) in [4.78, 5) is 5.32. The zero-order valence-corrected chi connectivity index (χ0v) is 11.2. The second-order valence-corrected chi connectivity index (χ2v) is 5.47. The molecule has 2 nitrogen and oxygen atoms in total. The van der Waals surface area contributed by atoms with Crippen LogP contribution < -0.4 is 0 Å². The van der Waals surface area contributed by atoms with Crippen LogP contribution in [0.2, 0.25) is 0 Å². The van der Waals surface area contributed by atoms with Gasteiger partial charge >= 0.3 is 0 Å². The van der Waals surface area contributed by atoms with Gasteiger partial charge in [-0.3, -0.25) is 9.80 Å². The normalized spacial score (nSPS) is 33.1. The number of fused-ring (bicyclic) bond motifs is 1. The summed E-state index contributed by atoms with van der Waals surface area (Å²) >= 11 is 4.20. The van der Waals surface area contributed by atoms with Gasteiger partial charge in [0, 0.05) is 37.5 Å². The van der Waals surface area contributed by atoms with Gasteiger partial charge in [-0.1, -0.05) is 18.6 Å². The quantitative estimate of drug-likeness (QED) is 0.596. The molecule has 2 rings (SSSR count). The van der Waals surface area contributed by atoms with Crippen molar-refractivity contribution in [3.05, 3.63) is 12.2 Å². The largest absolute Gasteiger partial charge is 0.298 e. The Hall–Kier alpha value is 0.01000. The van der Waals surface area contributed by atoms with E-state index in [4.69, 9.17) is 0 Å². The molecule has 3 heteroatoms. The highest BCUT2D eigenvalue weighted by Gasteiger charge is 2.31. The molecule has 16 heavy (non-hydrogen) atoms. The van der Waals surface area contributed by atoms with Gasteiger partial charge in [-0.15, -0.1) is 0 Å². The first-order valence-corrected chi connectivity index (χ1v) is 7.18. The number of nitrogens with zero attached hydrogens (tertiary/aromatic N) is 2. The highest BCUT2D eigenvalue weighted by molar-refractivity contribution is 7.80. The first kappa shape index (κ1) is 12.5. The second kappa shape index (κ2) is 6.08. The summed E-state index contributed by atoms with van der Waals surface area (Å²) < 4.78 is 0. The van der Waals surface area contributed by atoms with Crippen molar-refractivity contribution in [2.24, 2.45) is 0 Å². The number of thiol groups is 1. The third-order valence-electron chi connectivity index (χ3n) is 3.93. The Kier molecular flexibility index (Phi) is 4.74. The van der Waals surface area contributed by atoms with Crippen molar-refractivity contribution in [1.29, 1.82) is 0 Å². The minimum Gasteiger partial charge on any atom is -0.298 e. The van der Waals surface area contributed by atoms with Gasteiger partial charge in [0.25, 0.3) is 0 Å². The van der Waals surface area contributed by atoms with E-state index >= 15 is 0 Å². The summed E-state index contributed by atoms with van der Waals surface area (Å²) in [5, 5.41) is 0. The average Bonchev–Trinajstić information content (AvgIpc) is 2.30. The lowest BCUT2D eigenvalue weighted by atomic mass is 9.97. The summed E-state index contributed by atoms with van der Waals surface area (Å²) in [5.41, 5.74) is 0. The predicted octanol–water partition coefficient (Wildman–Crippen LogP) is 2.03. The topological polar surface area (TPSA) is 6.48 Å². The number of piperidine rings is 1. The van der Waals surface area contributed by atoms with Gasteiger partial charge in [0.1, 0.15) is 0 Å². The highest BCUT2D eigenvalue weighted by Crippen LogP contribution is 2.23. The molecule has 92 valence electrons. The van der Waals surface area contributed by atoms with Crippen LogP contribution in [0.15, 0.2) is 12.2 Å². The summed E-state index contributed by atoms with van der Waals surface area (Å²) in [7, 11) is 0. The van der Waals surface area contributed by atoms with Crippen LogP contribution in [0.5, 0.6) is 0 Å². The molecule has 0 N–H and O–H groups in total. The van der Waals surface area contributed by atoms with E-state index < -0.39 is 0 Å². The van der Waals surface area contributed by atoms with E-state index in [9.17, 15) is 0 Å². The highest BCUT2D eigenvalue weighted by atomic mass is 32.1. The van der Waals surface area contributed by atoms with Gasteiger partial charge in [0.15, 0.2) is 0 Å². The fourth-order valence-corrected chi connectivity index (χ4v) is 3.10. The van der Waals surface area contributed by atoms with Crippen molar-refractivity contribution < 1.29 is 0 Å². The lowest BCUT2D eigenvalue weighted by Gasteiger charge is -2.47. The molecular formula is C13H24N2S. The van der Waals surface area contributed by atoms with Crippen LogP contribution in [0, 0.1) is 0 Å². The van der Waals surface area contributed by atoms with E-state index in [0.717, 1.165) is 18.3 Å². The lowest BCUT2D eigenvalue weighted by Crippen LogP contribution is -2.58. The number of hydrogen-bond acceptors (Lipinski definition) is 3. The monoisotopic (exact) mass is 240 g/mol. The first-order valence-electron chi connectivity index (χ1n) is 6.55. The van der Waals surface area contributed by atoms with Crippen LogP contribution in [-0.4, -0.2) is 53.8 Å². The van der Waals surface area contributed by atoms with E-state index in [1.165, 1.54) is 38.9 Å². The molecule has 2 heterocycles. The molecule has 2 aliphatic heterocycles. The van der Waals surface area contributed by atoms with E-state index in [2.05, 4.69) is 41.5 Å². The summed E-state index contributed by atoms with van der Waals surface area (Å²) in [6.45, 7) is 7.32. The molecule has 0 aromatic rings. The summed E-state index contributed by atoms with van der Waals surface area (Å²) in [6, 6.07) is 1.54. The first-order chi connectivity index (χ1) is 7.81. The second-order valence-electron chi connectivity index (χ2n) is 5.10. The molecule has 0 amide bonds. The molecular weight excluding hydrogens is 216 g/mol. The third kappa shape index (κ3) is 3.02. The third-order valence-corrected chi connectivity index (χ3v) is 4.14. The number of rotatable bonds is 3. The average molecular weight is 240 g/mol. The van der Waals surface area contributed by atoms with Gasteiger partial charge in [-0.2, -0.15) is 12.6 Å². The van der Waals surface area contributed by atoms with Crippen LogP contribution in [0.3, 0.4) is 0 Å².